The first-order valence-corrected chi connectivity index (χ1v) is 6.28. The van der Waals surface area contributed by atoms with Gasteiger partial charge in [-0.05, 0) is 24.3 Å². The van der Waals surface area contributed by atoms with E-state index in [1.54, 1.807) is 0 Å². The van der Waals surface area contributed by atoms with Crippen molar-refractivity contribution in [2.45, 2.75) is 6.18 Å². The van der Waals surface area contributed by atoms with Gasteiger partial charge in [0.1, 0.15) is 5.82 Å². The van der Waals surface area contributed by atoms with E-state index in [2.05, 4.69) is 10.9 Å². The summed E-state index contributed by atoms with van der Waals surface area (Å²) < 4.78 is 52.4. The fourth-order valence-electron chi connectivity index (χ4n) is 1.72. The van der Waals surface area contributed by atoms with Crippen molar-refractivity contribution in [3.63, 3.8) is 0 Å². The highest BCUT2D eigenvalue weighted by Crippen LogP contribution is 2.31. The molecule has 1 aromatic carbocycles. The van der Waals surface area contributed by atoms with E-state index in [0.717, 1.165) is 10.6 Å². The Bertz CT molecular complexity index is 799. The number of hydrogen-bond acceptors (Lipinski definition) is 3. The smallest absolute Gasteiger partial charge is 0.318 e. The Labute approximate surface area is 127 Å². The molecule has 23 heavy (non-hydrogen) atoms. The molecular formula is C14H11F4N3O2. The number of carbonyl (C=O) groups excluding carboxylic acids is 1. The average molecular weight is 329 g/mol. The molecule has 2 aromatic rings. The van der Waals surface area contributed by atoms with Gasteiger partial charge in [-0.2, -0.15) is 13.2 Å². The van der Waals surface area contributed by atoms with Gasteiger partial charge in [0.15, 0.2) is 0 Å². The third-order valence-electron chi connectivity index (χ3n) is 2.95. The Balaban J connectivity index is 2.15. The number of hydrazine groups is 1. The molecule has 0 unspecified atom stereocenters. The Kier molecular flexibility index (Phi) is 4.39. The first kappa shape index (κ1) is 16.5. The van der Waals surface area contributed by atoms with E-state index in [9.17, 15) is 27.2 Å². The third-order valence-corrected chi connectivity index (χ3v) is 2.95. The molecule has 1 amide bonds. The zero-order valence-corrected chi connectivity index (χ0v) is 11.7. The minimum Gasteiger partial charge on any atom is -0.318 e. The summed E-state index contributed by atoms with van der Waals surface area (Å²) in [5.74, 6) is -1.70. The molecule has 0 aliphatic heterocycles. The summed E-state index contributed by atoms with van der Waals surface area (Å²) in [4.78, 5) is 23.0. The molecule has 2 N–H and O–H groups in total. The molecule has 0 spiro atoms. The summed E-state index contributed by atoms with van der Waals surface area (Å²) >= 11 is 0. The predicted molar refractivity (Wildman–Crippen MR) is 74.2 cm³/mol. The van der Waals surface area contributed by atoms with E-state index in [1.165, 1.54) is 19.3 Å². The fraction of sp³-hybridized carbons (Fsp3) is 0.143. The highest BCUT2D eigenvalue weighted by Gasteiger charge is 2.31. The van der Waals surface area contributed by atoms with Crippen molar-refractivity contribution in [3.8, 4) is 0 Å². The molecule has 0 fully saturated rings. The lowest BCUT2D eigenvalue weighted by Crippen LogP contribution is -2.31. The quantitative estimate of drug-likeness (QED) is 0.671. The van der Waals surface area contributed by atoms with E-state index < -0.39 is 29.2 Å². The Hall–Kier alpha value is -2.84. The normalized spacial score (nSPS) is 11.2. The van der Waals surface area contributed by atoms with E-state index in [-0.39, 0.29) is 11.1 Å². The molecule has 0 saturated heterocycles. The van der Waals surface area contributed by atoms with Gasteiger partial charge in [-0.1, -0.05) is 0 Å². The van der Waals surface area contributed by atoms with E-state index in [1.807, 2.05) is 0 Å². The van der Waals surface area contributed by atoms with Gasteiger partial charge in [-0.25, -0.2) is 4.39 Å². The molecule has 0 saturated carbocycles. The molecule has 5 nitrogen and oxygen atoms in total. The first-order chi connectivity index (χ1) is 10.7. The summed E-state index contributed by atoms with van der Waals surface area (Å²) in [5.41, 5.74) is 2.32. The molecule has 0 atom stereocenters. The second-order valence-electron chi connectivity index (χ2n) is 4.64. The molecule has 0 radical (unpaired) electrons. The van der Waals surface area contributed by atoms with Gasteiger partial charge in [-0.3, -0.25) is 20.4 Å². The highest BCUT2D eigenvalue weighted by molar-refractivity contribution is 5.94. The number of halogens is 4. The molecule has 1 aromatic heterocycles. The third kappa shape index (κ3) is 3.87. The molecule has 1 heterocycles. The number of benzene rings is 1. The van der Waals surface area contributed by atoms with Gasteiger partial charge < -0.3 is 4.57 Å². The second kappa shape index (κ2) is 6.11. The van der Waals surface area contributed by atoms with E-state index in [4.69, 9.17) is 0 Å². The van der Waals surface area contributed by atoms with Crippen LogP contribution in [0.3, 0.4) is 0 Å². The van der Waals surface area contributed by atoms with Crippen LogP contribution in [0.2, 0.25) is 0 Å². The zero-order chi connectivity index (χ0) is 17.2. The number of pyridine rings is 1. The lowest BCUT2D eigenvalue weighted by atomic mass is 10.2. The largest absolute Gasteiger partial charge is 0.416 e. The average Bonchev–Trinajstić information content (AvgIpc) is 2.47. The van der Waals surface area contributed by atoms with Gasteiger partial charge in [-0.15, -0.1) is 0 Å². The van der Waals surface area contributed by atoms with Crippen LogP contribution in [0, 0.1) is 5.82 Å². The van der Waals surface area contributed by atoms with Gasteiger partial charge in [0.25, 0.3) is 5.91 Å². The predicted octanol–water partition coefficient (Wildman–Crippen LogP) is 2.30. The summed E-state index contributed by atoms with van der Waals surface area (Å²) in [6.45, 7) is 0. The second-order valence-corrected chi connectivity index (χ2v) is 4.64. The van der Waals surface area contributed by atoms with Crippen molar-refractivity contribution in [3.05, 3.63) is 63.8 Å². The number of nitrogens with zero attached hydrogens (tertiary/aromatic N) is 1. The molecule has 0 bridgehead atoms. The molecule has 0 aliphatic rings. The summed E-state index contributed by atoms with van der Waals surface area (Å²) in [7, 11) is 1.43. The summed E-state index contributed by atoms with van der Waals surface area (Å²) in [6, 6.07) is 4.16. The van der Waals surface area contributed by atoms with E-state index in [0.29, 0.717) is 18.2 Å². The van der Waals surface area contributed by atoms with Crippen LogP contribution in [0.5, 0.6) is 0 Å². The maximum absolute atomic E-state index is 13.5. The number of amides is 1. The fourth-order valence-corrected chi connectivity index (χ4v) is 1.72. The van der Waals surface area contributed by atoms with Gasteiger partial charge in [0, 0.05) is 19.3 Å². The number of aromatic nitrogens is 1. The monoisotopic (exact) mass is 329 g/mol. The lowest BCUT2D eigenvalue weighted by Gasteiger charge is -2.12. The molecule has 2 rings (SSSR count). The lowest BCUT2D eigenvalue weighted by molar-refractivity contribution is -0.137. The maximum Gasteiger partial charge on any atom is 0.416 e. The van der Waals surface area contributed by atoms with Crippen LogP contribution in [0.15, 0.2) is 41.3 Å². The SMILES string of the molecule is Cn1cc(C(=O)NNc2cc(C(F)(F)F)ccc2F)ccc1=O. The molecular weight excluding hydrogens is 318 g/mol. The summed E-state index contributed by atoms with van der Waals surface area (Å²) in [5, 5.41) is 0. The highest BCUT2D eigenvalue weighted by atomic mass is 19.4. The van der Waals surface area contributed by atoms with Crippen molar-refractivity contribution >= 4 is 11.6 Å². The van der Waals surface area contributed by atoms with Crippen LogP contribution in [-0.2, 0) is 13.2 Å². The standard InChI is InChI=1S/C14H11F4N3O2/c1-21-7-8(2-5-12(21)22)13(23)20-19-11-6-9(14(16,17)18)3-4-10(11)15/h2-7,19H,1H3,(H,20,23). The van der Waals surface area contributed by atoms with E-state index >= 15 is 0 Å². The summed E-state index contributed by atoms with van der Waals surface area (Å²) in [6.07, 6.45) is -3.40. The molecule has 0 aliphatic carbocycles. The van der Waals surface area contributed by atoms with Crippen LogP contribution in [0.4, 0.5) is 23.2 Å². The van der Waals surface area contributed by atoms with Crippen LogP contribution < -0.4 is 16.4 Å². The topological polar surface area (TPSA) is 63.1 Å². The van der Waals surface area contributed by atoms with Crippen LogP contribution >= 0.6 is 0 Å². The minimum atomic E-state index is -4.63. The van der Waals surface area contributed by atoms with Crippen LogP contribution in [0.1, 0.15) is 15.9 Å². The number of anilines is 1. The number of alkyl halides is 3. The van der Waals surface area contributed by atoms with Gasteiger partial charge in [0.2, 0.25) is 5.56 Å². The van der Waals surface area contributed by atoms with Crippen molar-refractivity contribution in [1.29, 1.82) is 0 Å². The van der Waals surface area contributed by atoms with Gasteiger partial charge in [0.05, 0.1) is 16.8 Å². The zero-order valence-electron chi connectivity index (χ0n) is 11.7. The maximum atomic E-state index is 13.5. The Morgan fingerprint density at radius 2 is 1.87 bits per heavy atom. The van der Waals surface area contributed by atoms with Crippen molar-refractivity contribution in [2.24, 2.45) is 7.05 Å². The van der Waals surface area contributed by atoms with Crippen molar-refractivity contribution in [1.82, 2.24) is 9.99 Å². The van der Waals surface area contributed by atoms with Crippen molar-refractivity contribution < 1.29 is 22.4 Å². The Morgan fingerprint density at radius 1 is 1.17 bits per heavy atom. The number of nitrogens with one attached hydrogen (secondary N) is 2. The first-order valence-electron chi connectivity index (χ1n) is 6.28. The van der Waals surface area contributed by atoms with Gasteiger partial charge >= 0.3 is 6.18 Å². The van der Waals surface area contributed by atoms with Crippen molar-refractivity contribution in [2.75, 3.05) is 5.43 Å². The Morgan fingerprint density at radius 3 is 2.48 bits per heavy atom. The number of carbonyl (C=O) groups is 1. The number of hydrogen-bond donors (Lipinski definition) is 2. The number of aryl methyl sites for hydroxylation is 1. The minimum absolute atomic E-state index is 0.0759. The molecule has 9 heteroatoms. The van der Waals surface area contributed by atoms with Crippen LogP contribution in [-0.4, -0.2) is 10.5 Å². The number of rotatable bonds is 3. The van der Waals surface area contributed by atoms with Crippen LogP contribution in [0.25, 0.3) is 0 Å². The molecule has 122 valence electrons.